The number of phenols is 1. The Morgan fingerprint density at radius 3 is 2.42 bits per heavy atom. The number of aliphatic carboxylic acids is 1. The number of rotatable bonds is 12. The second-order valence-corrected chi connectivity index (χ2v) is 12.8. The molecule has 0 spiro atoms. The van der Waals surface area contributed by atoms with Crippen LogP contribution in [0, 0.1) is 5.82 Å². The van der Waals surface area contributed by atoms with Crippen LogP contribution in [0.3, 0.4) is 0 Å². The summed E-state index contributed by atoms with van der Waals surface area (Å²) in [5, 5.41) is 48.3. The summed E-state index contributed by atoms with van der Waals surface area (Å²) in [5.41, 5.74) is -0.346. The molecule has 2 unspecified atom stereocenters. The number of benzene rings is 4. The molecule has 1 amide bonds. The van der Waals surface area contributed by atoms with Crippen LogP contribution in [-0.4, -0.2) is 43.8 Å². The van der Waals surface area contributed by atoms with Gasteiger partial charge in [-0.15, -0.1) is 11.3 Å². The number of fused-ring (bicyclic) bond motifs is 1. The fourth-order valence-corrected chi connectivity index (χ4v) is 6.69. The highest BCUT2D eigenvalue weighted by Crippen LogP contribution is 2.35. The summed E-state index contributed by atoms with van der Waals surface area (Å²) in [6.45, 7) is 0.438. The van der Waals surface area contributed by atoms with Gasteiger partial charge in [-0.2, -0.15) is 0 Å². The monoisotopic (exact) mass is 693 g/mol. The number of nitrogens with one attached hydrogen (secondary N) is 3. The molecule has 6 aromatic rings. The van der Waals surface area contributed by atoms with Gasteiger partial charge in [-0.3, -0.25) is 9.59 Å². The fraction of sp³-hybridized carbons (Fsp3) is 0.132. The summed E-state index contributed by atoms with van der Waals surface area (Å²) < 4.78 is 15.0. The first-order valence-electron chi connectivity index (χ1n) is 15.6. The number of hydrogen-bond donors (Lipinski definition) is 7. The van der Waals surface area contributed by atoms with E-state index >= 15 is 4.39 Å². The van der Waals surface area contributed by atoms with Gasteiger partial charge in [-0.1, -0.05) is 60.7 Å². The first-order chi connectivity index (χ1) is 24.0. The molecule has 0 aliphatic rings. The standard InChI is InChI=1S/C38H32FN3O7S/c39-30-17-22(19-40-21-32(44)27-12-14-31(43)35-28(27)13-16-34(45)42-35)9-11-29(30)36(46)41-20-26-10-15-33(50-26)23-5-4-8-25(18-23)38(49,37(47)48)24-6-2-1-3-7-24/h1-18,32,40,43-44,49H,19-21H2,(H,41,46)(H,42,45)(H,47,48). The molecular weight excluding hydrogens is 661 g/mol. The maximum Gasteiger partial charge on any atom is 0.345 e. The van der Waals surface area contributed by atoms with Gasteiger partial charge in [0.05, 0.1) is 23.7 Å². The van der Waals surface area contributed by atoms with Crippen LogP contribution in [0.15, 0.2) is 114 Å². The van der Waals surface area contributed by atoms with E-state index in [1.807, 2.05) is 12.1 Å². The molecule has 50 heavy (non-hydrogen) atoms. The van der Waals surface area contributed by atoms with Gasteiger partial charge in [0.1, 0.15) is 11.6 Å². The van der Waals surface area contributed by atoms with E-state index in [1.54, 1.807) is 66.7 Å². The first-order valence-corrected chi connectivity index (χ1v) is 16.4. The Labute approximate surface area is 289 Å². The third-order valence-electron chi connectivity index (χ3n) is 8.36. The number of carbonyl (C=O) groups is 2. The summed E-state index contributed by atoms with van der Waals surface area (Å²) in [5.74, 6) is -2.81. The van der Waals surface area contributed by atoms with Crippen molar-refractivity contribution in [1.82, 2.24) is 15.6 Å². The van der Waals surface area contributed by atoms with E-state index in [-0.39, 0.29) is 53.2 Å². The van der Waals surface area contributed by atoms with Crippen LogP contribution >= 0.6 is 11.3 Å². The molecule has 0 saturated heterocycles. The zero-order valence-corrected chi connectivity index (χ0v) is 27.2. The molecular formula is C38H32FN3O7S. The summed E-state index contributed by atoms with van der Waals surface area (Å²) >= 11 is 1.37. The molecule has 0 radical (unpaired) electrons. The van der Waals surface area contributed by atoms with Crippen LogP contribution in [0.2, 0.25) is 0 Å². The van der Waals surface area contributed by atoms with Crippen molar-refractivity contribution in [3.63, 3.8) is 0 Å². The highest BCUT2D eigenvalue weighted by atomic mass is 32.1. The highest BCUT2D eigenvalue weighted by Gasteiger charge is 2.40. The molecule has 0 saturated carbocycles. The molecule has 2 heterocycles. The Bertz CT molecular complexity index is 2260. The van der Waals surface area contributed by atoms with Crippen molar-refractivity contribution in [3.05, 3.63) is 158 Å². The van der Waals surface area contributed by atoms with Crippen LogP contribution in [0.25, 0.3) is 21.3 Å². The maximum absolute atomic E-state index is 15.0. The number of carboxylic acids is 1. The lowest BCUT2D eigenvalue weighted by molar-refractivity contribution is -0.155. The summed E-state index contributed by atoms with van der Waals surface area (Å²) in [6, 6.07) is 28.5. The van der Waals surface area contributed by atoms with Crippen LogP contribution in [0.1, 0.15) is 43.6 Å². The van der Waals surface area contributed by atoms with Gasteiger partial charge in [0.15, 0.2) is 0 Å². The highest BCUT2D eigenvalue weighted by molar-refractivity contribution is 7.15. The van der Waals surface area contributed by atoms with Gasteiger partial charge in [0, 0.05) is 39.9 Å². The van der Waals surface area contributed by atoms with Crippen LogP contribution in [-0.2, 0) is 23.5 Å². The van der Waals surface area contributed by atoms with Crippen molar-refractivity contribution < 1.29 is 34.4 Å². The number of aromatic nitrogens is 1. The number of aromatic amines is 1. The van der Waals surface area contributed by atoms with E-state index < -0.39 is 29.4 Å². The normalized spacial score (nSPS) is 13.1. The number of carbonyl (C=O) groups excluding carboxylic acids is 1. The molecule has 2 atom stereocenters. The molecule has 4 aromatic carbocycles. The number of halogens is 1. The SMILES string of the molecule is O=C(NCc1ccc(-c2cccc(C(O)(C(=O)O)c3ccccc3)c2)s1)c1ccc(CNCC(O)c2ccc(O)c3[nH]c(=O)ccc23)cc1F. The molecule has 0 aliphatic carbocycles. The molecule has 2 aromatic heterocycles. The van der Waals surface area contributed by atoms with Crippen molar-refractivity contribution in [2.24, 2.45) is 0 Å². The van der Waals surface area contributed by atoms with Gasteiger partial charge >= 0.3 is 5.97 Å². The number of carboxylic acid groups (broad SMARTS) is 1. The number of pyridine rings is 1. The number of aliphatic hydroxyl groups is 2. The summed E-state index contributed by atoms with van der Waals surface area (Å²) in [7, 11) is 0. The Morgan fingerprint density at radius 1 is 0.880 bits per heavy atom. The van der Waals surface area contributed by atoms with E-state index in [1.165, 1.54) is 41.7 Å². The maximum atomic E-state index is 15.0. The lowest BCUT2D eigenvalue weighted by Gasteiger charge is -2.25. The number of thiophene rings is 1. The predicted octanol–water partition coefficient (Wildman–Crippen LogP) is 5.18. The van der Waals surface area contributed by atoms with Gasteiger partial charge in [-0.05, 0) is 64.7 Å². The number of H-pyrrole nitrogens is 1. The minimum atomic E-state index is -2.24. The third kappa shape index (κ3) is 7.05. The molecule has 0 fully saturated rings. The van der Waals surface area contributed by atoms with Crippen molar-refractivity contribution in [2.45, 2.75) is 24.8 Å². The van der Waals surface area contributed by atoms with Gasteiger partial charge in [0.25, 0.3) is 5.91 Å². The minimum absolute atomic E-state index is 0.101. The number of amides is 1. The topological polar surface area (TPSA) is 172 Å². The number of aliphatic hydroxyl groups excluding tert-OH is 1. The Hall–Kier alpha value is -5.66. The smallest absolute Gasteiger partial charge is 0.345 e. The van der Waals surface area contributed by atoms with Gasteiger partial charge in [0.2, 0.25) is 11.2 Å². The molecule has 0 aliphatic heterocycles. The second kappa shape index (κ2) is 14.4. The van der Waals surface area contributed by atoms with Crippen molar-refractivity contribution in [1.29, 1.82) is 0 Å². The van der Waals surface area contributed by atoms with Crippen molar-refractivity contribution in [3.8, 4) is 16.2 Å². The average molecular weight is 694 g/mol. The van der Waals surface area contributed by atoms with Crippen LogP contribution in [0.4, 0.5) is 4.39 Å². The van der Waals surface area contributed by atoms with E-state index in [0.717, 1.165) is 9.75 Å². The Kier molecular flexibility index (Phi) is 9.88. The van der Waals surface area contributed by atoms with Gasteiger partial charge in [-0.25, -0.2) is 9.18 Å². The van der Waals surface area contributed by atoms with E-state index in [9.17, 15) is 34.8 Å². The molecule has 12 heteroatoms. The number of hydrogen-bond acceptors (Lipinski definition) is 8. The van der Waals surface area contributed by atoms with E-state index in [4.69, 9.17) is 0 Å². The van der Waals surface area contributed by atoms with E-state index in [2.05, 4.69) is 15.6 Å². The number of aromatic hydroxyl groups is 1. The zero-order chi connectivity index (χ0) is 35.4. The van der Waals surface area contributed by atoms with Gasteiger partial charge < -0.3 is 36.0 Å². The second-order valence-electron chi connectivity index (χ2n) is 11.7. The average Bonchev–Trinajstić information content (AvgIpc) is 3.60. The fourth-order valence-electron chi connectivity index (χ4n) is 5.75. The predicted molar refractivity (Wildman–Crippen MR) is 187 cm³/mol. The molecule has 7 N–H and O–H groups in total. The zero-order valence-electron chi connectivity index (χ0n) is 26.4. The summed E-state index contributed by atoms with van der Waals surface area (Å²) in [4.78, 5) is 40.9. The van der Waals surface area contributed by atoms with E-state index in [0.29, 0.717) is 22.1 Å². The largest absolute Gasteiger partial charge is 0.506 e. The molecule has 0 bridgehead atoms. The Morgan fingerprint density at radius 2 is 1.66 bits per heavy atom. The molecule has 6 rings (SSSR count). The third-order valence-corrected chi connectivity index (χ3v) is 9.50. The van der Waals surface area contributed by atoms with Crippen LogP contribution < -0.4 is 16.2 Å². The first kappa shape index (κ1) is 34.2. The summed E-state index contributed by atoms with van der Waals surface area (Å²) in [6.07, 6.45) is -0.983. The number of phenolic OH excluding ortho intramolecular Hbond substituents is 1. The molecule has 10 nitrogen and oxygen atoms in total. The van der Waals surface area contributed by atoms with Crippen molar-refractivity contribution in [2.75, 3.05) is 6.54 Å². The molecule has 254 valence electrons. The minimum Gasteiger partial charge on any atom is -0.506 e. The lowest BCUT2D eigenvalue weighted by atomic mass is 9.85. The van der Waals surface area contributed by atoms with Crippen molar-refractivity contribution >= 4 is 34.1 Å². The lowest BCUT2D eigenvalue weighted by Crippen LogP contribution is -2.36. The Balaban J connectivity index is 1.06. The quantitative estimate of drug-likeness (QED) is 0.0920. The van der Waals surface area contributed by atoms with Crippen LogP contribution in [0.5, 0.6) is 5.75 Å².